The number of anilines is 1. The van der Waals surface area contributed by atoms with Gasteiger partial charge in [0.1, 0.15) is 11.6 Å². The summed E-state index contributed by atoms with van der Waals surface area (Å²) in [5, 5.41) is 10.6. The molecule has 8 heteroatoms. The van der Waals surface area contributed by atoms with Gasteiger partial charge >= 0.3 is 0 Å². The Hall–Kier alpha value is -2.90. The van der Waals surface area contributed by atoms with E-state index in [4.69, 9.17) is 16.0 Å². The Kier molecular flexibility index (Phi) is 5.02. The minimum absolute atomic E-state index is 0.163. The average molecular weight is 413 g/mol. The number of nitrogens with one attached hydrogen (secondary N) is 1. The van der Waals surface area contributed by atoms with Gasteiger partial charge in [0.25, 0.3) is 0 Å². The summed E-state index contributed by atoms with van der Waals surface area (Å²) in [6, 6.07) is 12.9. The summed E-state index contributed by atoms with van der Waals surface area (Å²) in [5.74, 6) is 1.95. The molecule has 0 fully saturated rings. The van der Waals surface area contributed by atoms with Crippen molar-refractivity contribution < 1.29 is 9.21 Å². The van der Waals surface area contributed by atoms with Crippen LogP contribution < -0.4 is 5.32 Å². The number of carbonyl (C=O) groups is 1. The fourth-order valence-electron chi connectivity index (χ4n) is 2.80. The van der Waals surface area contributed by atoms with Crippen molar-refractivity contribution in [1.29, 1.82) is 0 Å². The third-order valence-corrected chi connectivity index (χ3v) is 5.14. The van der Waals surface area contributed by atoms with Crippen LogP contribution >= 0.6 is 22.9 Å². The topological polar surface area (TPSA) is 73.0 Å². The van der Waals surface area contributed by atoms with Crippen LogP contribution in [0.4, 0.5) is 5.82 Å². The van der Waals surface area contributed by atoms with Crippen molar-refractivity contribution in [3.63, 3.8) is 0 Å². The zero-order valence-electron chi connectivity index (χ0n) is 15.3. The molecule has 0 spiro atoms. The monoisotopic (exact) mass is 412 g/mol. The van der Waals surface area contributed by atoms with Crippen LogP contribution in [-0.4, -0.2) is 20.7 Å². The van der Waals surface area contributed by atoms with Crippen molar-refractivity contribution >= 4 is 34.7 Å². The van der Waals surface area contributed by atoms with Crippen LogP contribution in [0.3, 0.4) is 0 Å². The molecule has 4 rings (SSSR count). The van der Waals surface area contributed by atoms with E-state index < -0.39 is 0 Å². The van der Waals surface area contributed by atoms with Crippen LogP contribution in [0.25, 0.3) is 16.5 Å². The first-order chi connectivity index (χ1) is 13.5. The van der Waals surface area contributed by atoms with Gasteiger partial charge in [0.05, 0.1) is 23.5 Å². The molecule has 142 valence electrons. The molecule has 0 radical (unpaired) electrons. The molecule has 6 nitrogen and oxygen atoms in total. The SMILES string of the molecule is Cc1cc(NC(=O)Cc2csc(-c3ccc(C)o3)n2)n(-c2cccc(Cl)c2)n1. The predicted octanol–water partition coefficient (Wildman–Crippen LogP) is 5.04. The van der Waals surface area contributed by atoms with Gasteiger partial charge in [-0.3, -0.25) is 4.79 Å². The second-order valence-electron chi connectivity index (χ2n) is 6.34. The number of aromatic nitrogens is 3. The van der Waals surface area contributed by atoms with E-state index in [1.165, 1.54) is 11.3 Å². The first-order valence-electron chi connectivity index (χ1n) is 8.61. The van der Waals surface area contributed by atoms with Crippen molar-refractivity contribution in [1.82, 2.24) is 14.8 Å². The molecule has 0 aliphatic rings. The maximum absolute atomic E-state index is 12.6. The molecule has 3 aromatic heterocycles. The van der Waals surface area contributed by atoms with Crippen LogP contribution in [0.1, 0.15) is 17.1 Å². The van der Waals surface area contributed by atoms with Gasteiger partial charge in [-0.05, 0) is 44.2 Å². The number of aryl methyl sites for hydroxylation is 2. The van der Waals surface area contributed by atoms with E-state index in [0.717, 1.165) is 22.1 Å². The zero-order valence-corrected chi connectivity index (χ0v) is 16.8. The number of carbonyl (C=O) groups excluding carboxylic acids is 1. The largest absolute Gasteiger partial charge is 0.459 e. The minimum atomic E-state index is -0.171. The van der Waals surface area contributed by atoms with Crippen molar-refractivity contribution in [3.8, 4) is 16.5 Å². The molecule has 0 aliphatic carbocycles. The number of hydrogen-bond donors (Lipinski definition) is 1. The van der Waals surface area contributed by atoms with Crippen molar-refractivity contribution in [2.24, 2.45) is 0 Å². The lowest BCUT2D eigenvalue weighted by Crippen LogP contribution is -2.17. The lowest BCUT2D eigenvalue weighted by Gasteiger charge is -2.08. The van der Waals surface area contributed by atoms with E-state index in [-0.39, 0.29) is 12.3 Å². The number of rotatable bonds is 5. The second kappa shape index (κ2) is 7.61. The van der Waals surface area contributed by atoms with Crippen LogP contribution in [0.2, 0.25) is 5.02 Å². The van der Waals surface area contributed by atoms with Crippen molar-refractivity contribution in [2.75, 3.05) is 5.32 Å². The van der Waals surface area contributed by atoms with E-state index in [9.17, 15) is 4.79 Å². The quantitative estimate of drug-likeness (QED) is 0.498. The third kappa shape index (κ3) is 4.00. The summed E-state index contributed by atoms with van der Waals surface area (Å²) in [6.45, 7) is 3.76. The summed E-state index contributed by atoms with van der Waals surface area (Å²) in [5.41, 5.74) is 2.26. The maximum Gasteiger partial charge on any atom is 0.231 e. The molecule has 1 amide bonds. The molecule has 0 bridgehead atoms. The van der Waals surface area contributed by atoms with E-state index in [1.807, 2.05) is 49.6 Å². The average Bonchev–Trinajstić information content (AvgIpc) is 3.35. The number of hydrogen-bond acceptors (Lipinski definition) is 5. The van der Waals surface area contributed by atoms with E-state index in [1.54, 1.807) is 16.8 Å². The molecular formula is C20H17ClN4O2S. The van der Waals surface area contributed by atoms with Gasteiger partial charge in [0, 0.05) is 16.5 Å². The highest BCUT2D eigenvalue weighted by molar-refractivity contribution is 7.13. The lowest BCUT2D eigenvalue weighted by atomic mass is 10.3. The van der Waals surface area contributed by atoms with Gasteiger partial charge in [-0.25, -0.2) is 9.67 Å². The number of benzene rings is 1. The molecule has 3 heterocycles. The molecule has 1 aromatic carbocycles. The molecule has 0 unspecified atom stereocenters. The van der Waals surface area contributed by atoms with Crippen LogP contribution in [0.5, 0.6) is 0 Å². The number of thiazole rings is 1. The van der Waals surface area contributed by atoms with Crippen LogP contribution in [-0.2, 0) is 11.2 Å². The number of nitrogens with zero attached hydrogens (tertiary/aromatic N) is 3. The normalized spacial score (nSPS) is 11.0. The van der Waals surface area contributed by atoms with E-state index in [2.05, 4.69) is 15.4 Å². The van der Waals surface area contributed by atoms with Crippen LogP contribution in [0, 0.1) is 13.8 Å². The predicted molar refractivity (Wildman–Crippen MR) is 110 cm³/mol. The minimum Gasteiger partial charge on any atom is -0.459 e. The summed E-state index contributed by atoms with van der Waals surface area (Å²) in [7, 11) is 0. The molecular weight excluding hydrogens is 396 g/mol. The zero-order chi connectivity index (χ0) is 19.7. The Labute approximate surface area is 170 Å². The van der Waals surface area contributed by atoms with Gasteiger partial charge in [-0.1, -0.05) is 17.7 Å². The summed E-state index contributed by atoms with van der Waals surface area (Å²) >= 11 is 7.53. The fraction of sp³-hybridized carbons (Fsp3) is 0.150. The van der Waals surface area contributed by atoms with Gasteiger partial charge < -0.3 is 9.73 Å². The Morgan fingerprint density at radius 2 is 2.11 bits per heavy atom. The molecule has 0 atom stereocenters. The lowest BCUT2D eigenvalue weighted by molar-refractivity contribution is -0.115. The fourth-order valence-corrected chi connectivity index (χ4v) is 3.76. The maximum atomic E-state index is 12.6. The molecule has 0 saturated carbocycles. The van der Waals surface area contributed by atoms with Gasteiger partial charge in [0.2, 0.25) is 5.91 Å². The standard InChI is InChI=1S/C20H17ClN4O2S/c1-12-8-18(25(24-12)16-5-3-4-14(21)9-16)23-19(26)10-15-11-28-20(22-15)17-7-6-13(2)27-17/h3-9,11H,10H2,1-2H3,(H,23,26). The highest BCUT2D eigenvalue weighted by atomic mass is 35.5. The van der Waals surface area contributed by atoms with Gasteiger partial charge in [-0.2, -0.15) is 5.10 Å². The highest BCUT2D eigenvalue weighted by Gasteiger charge is 2.14. The van der Waals surface area contributed by atoms with Gasteiger partial charge in [0.15, 0.2) is 10.8 Å². The number of amides is 1. The molecule has 0 saturated heterocycles. The smallest absolute Gasteiger partial charge is 0.231 e. The van der Waals surface area contributed by atoms with Crippen molar-refractivity contribution in [3.05, 3.63) is 70.0 Å². The molecule has 1 N–H and O–H groups in total. The summed E-state index contributed by atoms with van der Waals surface area (Å²) in [6.07, 6.45) is 0.163. The Morgan fingerprint density at radius 3 is 2.86 bits per heavy atom. The van der Waals surface area contributed by atoms with E-state index in [0.29, 0.717) is 22.3 Å². The first kappa shape index (κ1) is 18.5. The summed E-state index contributed by atoms with van der Waals surface area (Å²) < 4.78 is 7.25. The van der Waals surface area contributed by atoms with Crippen LogP contribution in [0.15, 0.2) is 52.3 Å². The first-order valence-corrected chi connectivity index (χ1v) is 9.87. The van der Waals surface area contributed by atoms with Gasteiger partial charge in [-0.15, -0.1) is 11.3 Å². The number of furan rings is 1. The Morgan fingerprint density at radius 1 is 1.25 bits per heavy atom. The number of halogens is 1. The summed E-state index contributed by atoms with van der Waals surface area (Å²) in [4.78, 5) is 17.1. The van der Waals surface area contributed by atoms with Crippen molar-refractivity contribution in [2.45, 2.75) is 20.3 Å². The van der Waals surface area contributed by atoms with E-state index >= 15 is 0 Å². The Balaban J connectivity index is 1.50. The molecule has 28 heavy (non-hydrogen) atoms. The Bertz CT molecular complexity index is 1140. The highest BCUT2D eigenvalue weighted by Crippen LogP contribution is 2.26. The molecule has 0 aliphatic heterocycles. The molecule has 4 aromatic rings. The third-order valence-electron chi connectivity index (χ3n) is 4.00. The second-order valence-corrected chi connectivity index (χ2v) is 7.64.